The number of aryl methyl sites for hydroxylation is 1. The number of aromatic nitrogens is 1. The predicted molar refractivity (Wildman–Crippen MR) is 133 cm³/mol. The maximum atomic E-state index is 13.1. The molecule has 1 fully saturated rings. The highest BCUT2D eigenvalue weighted by Gasteiger charge is 2.55. The fraction of sp³-hybridized carbons (Fsp3) is 0.545. The summed E-state index contributed by atoms with van der Waals surface area (Å²) in [5, 5.41) is 8.24. The van der Waals surface area contributed by atoms with Crippen molar-refractivity contribution >= 4 is 52.7 Å². The van der Waals surface area contributed by atoms with Crippen LogP contribution in [0.2, 0.25) is 0 Å². The van der Waals surface area contributed by atoms with Crippen LogP contribution >= 0.6 is 23.1 Å². The van der Waals surface area contributed by atoms with Gasteiger partial charge in [0.25, 0.3) is 11.8 Å². The van der Waals surface area contributed by atoms with Crippen LogP contribution in [-0.4, -0.2) is 89.9 Å². The molecule has 2 aliphatic rings. The number of methoxy groups -OCH3 is 1. The SMILES string of the molecule is COCC1=C(C(=O)OC(C)OC(=O)OC(C)C)N2C(=O)[C@H](NC(=O)/C(=N/OC)c3csc(C)n3)[C@@H]2SC1. The normalized spacial score (nSPS) is 20.1. The summed E-state index contributed by atoms with van der Waals surface area (Å²) in [7, 11) is 2.76. The van der Waals surface area contributed by atoms with Crippen molar-refractivity contribution in [1.29, 1.82) is 0 Å². The van der Waals surface area contributed by atoms with E-state index in [9.17, 15) is 19.2 Å². The molecule has 15 heteroatoms. The standard InChI is InChI=1S/C22H28N4O9S2/c1-10(2)33-22(30)35-12(4)34-21(29)17-13(7-31-5)8-37-20-16(19(28)26(17)20)24-18(27)15(25-32-6)14-9-36-11(3)23-14/h9-10,12,16,20H,7-8H2,1-6H3,(H,24,27)/b25-15+/t12?,16-,20-/m0/s1. The zero-order valence-electron chi connectivity index (χ0n) is 21.1. The van der Waals surface area contributed by atoms with E-state index in [4.69, 9.17) is 23.8 Å². The minimum absolute atomic E-state index is 0.0188. The first-order valence-corrected chi connectivity index (χ1v) is 13.1. The molecule has 1 saturated heterocycles. The van der Waals surface area contributed by atoms with Gasteiger partial charge in [-0.05, 0) is 26.3 Å². The van der Waals surface area contributed by atoms with E-state index >= 15 is 0 Å². The lowest BCUT2D eigenvalue weighted by Gasteiger charge is -2.49. The Balaban J connectivity index is 1.74. The van der Waals surface area contributed by atoms with Crippen molar-refractivity contribution in [1.82, 2.24) is 15.2 Å². The molecule has 3 heterocycles. The molecule has 0 aliphatic carbocycles. The second-order valence-corrected chi connectivity index (χ2v) is 10.3. The molecule has 1 aromatic heterocycles. The minimum atomic E-state index is -1.27. The average Bonchev–Trinajstić information content (AvgIpc) is 3.25. The Bertz CT molecular complexity index is 1120. The Morgan fingerprint density at radius 1 is 1.22 bits per heavy atom. The molecular weight excluding hydrogens is 528 g/mol. The van der Waals surface area contributed by atoms with Gasteiger partial charge in [0.2, 0.25) is 6.29 Å². The zero-order valence-corrected chi connectivity index (χ0v) is 22.8. The number of carbonyl (C=O) groups is 4. The van der Waals surface area contributed by atoms with Crippen molar-refractivity contribution in [2.24, 2.45) is 5.16 Å². The molecule has 1 unspecified atom stereocenters. The van der Waals surface area contributed by atoms with Gasteiger partial charge in [-0.25, -0.2) is 14.6 Å². The molecule has 0 spiro atoms. The molecule has 2 aliphatic heterocycles. The van der Waals surface area contributed by atoms with E-state index in [1.54, 1.807) is 26.2 Å². The monoisotopic (exact) mass is 556 g/mol. The van der Waals surface area contributed by atoms with Crippen LogP contribution in [-0.2, 0) is 38.2 Å². The van der Waals surface area contributed by atoms with Gasteiger partial charge in [-0.1, -0.05) is 5.16 Å². The summed E-state index contributed by atoms with van der Waals surface area (Å²) in [6, 6.07) is -0.930. The highest BCUT2D eigenvalue weighted by molar-refractivity contribution is 8.00. The van der Waals surface area contributed by atoms with E-state index in [2.05, 4.69) is 15.5 Å². The molecule has 1 N–H and O–H groups in total. The number of esters is 1. The highest BCUT2D eigenvalue weighted by atomic mass is 32.2. The van der Waals surface area contributed by atoms with Crippen LogP contribution < -0.4 is 5.32 Å². The lowest BCUT2D eigenvalue weighted by Crippen LogP contribution is -2.71. The second kappa shape index (κ2) is 12.4. The fourth-order valence-electron chi connectivity index (χ4n) is 3.52. The smallest absolute Gasteiger partial charge is 0.431 e. The third-order valence-corrected chi connectivity index (χ3v) is 7.09. The average molecular weight is 557 g/mol. The van der Waals surface area contributed by atoms with Gasteiger partial charge in [0.1, 0.15) is 29.9 Å². The second-order valence-electron chi connectivity index (χ2n) is 8.13. The third kappa shape index (κ3) is 6.59. The predicted octanol–water partition coefficient (Wildman–Crippen LogP) is 1.55. The third-order valence-electron chi connectivity index (χ3n) is 4.97. The van der Waals surface area contributed by atoms with Crippen molar-refractivity contribution in [2.45, 2.75) is 51.5 Å². The van der Waals surface area contributed by atoms with Crippen LogP contribution in [0.1, 0.15) is 31.5 Å². The van der Waals surface area contributed by atoms with Crippen molar-refractivity contribution in [3.05, 3.63) is 27.4 Å². The fourth-order valence-corrected chi connectivity index (χ4v) is 5.45. The maximum absolute atomic E-state index is 13.1. The Morgan fingerprint density at radius 2 is 1.95 bits per heavy atom. The first-order valence-electron chi connectivity index (χ1n) is 11.2. The molecule has 2 amide bonds. The molecular formula is C22H28N4O9S2. The van der Waals surface area contributed by atoms with Gasteiger partial charge < -0.3 is 29.1 Å². The number of hydrogen-bond donors (Lipinski definition) is 1. The largest absolute Gasteiger partial charge is 0.511 e. The van der Waals surface area contributed by atoms with Crippen molar-refractivity contribution in [2.75, 3.05) is 26.6 Å². The molecule has 0 saturated carbocycles. The summed E-state index contributed by atoms with van der Waals surface area (Å²) in [5.41, 5.74) is 0.741. The molecule has 1 aromatic rings. The number of fused-ring (bicyclic) bond motifs is 1. The Morgan fingerprint density at radius 3 is 2.54 bits per heavy atom. The maximum Gasteiger partial charge on any atom is 0.511 e. The van der Waals surface area contributed by atoms with Gasteiger partial charge in [0, 0.05) is 25.2 Å². The number of thioether (sulfide) groups is 1. The number of rotatable bonds is 10. The molecule has 13 nitrogen and oxygen atoms in total. The molecule has 37 heavy (non-hydrogen) atoms. The number of nitrogens with zero attached hydrogens (tertiary/aromatic N) is 3. The topological polar surface area (TPSA) is 155 Å². The van der Waals surface area contributed by atoms with Crippen molar-refractivity contribution in [3.8, 4) is 0 Å². The number of hydrogen-bond acceptors (Lipinski definition) is 13. The molecule has 0 aromatic carbocycles. The summed E-state index contributed by atoms with van der Waals surface area (Å²) >= 11 is 2.69. The van der Waals surface area contributed by atoms with E-state index in [-0.39, 0.29) is 18.0 Å². The van der Waals surface area contributed by atoms with E-state index < -0.39 is 47.7 Å². The highest BCUT2D eigenvalue weighted by Crippen LogP contribution is 2.41. The van der Waals surface area contributed by atoms with Gasteiger partial charge in [-0.3, -0.25) is 14.5 Å². The van der Waals surface area contributed by atoms with Gasteiger partial charge in [0.05, 0.1) is 17.7 Å². The summed E-state index contributed by atoms with van der Waals surface area (Å²) < 4.78 is 20.3. The summed E-state index contributed by atoms with van der Waals surface area (Å²) in [4.78, 5) is 61.1. The quantitative estimate of drug-likeness (QED) is 0.147. The number of amides is 2. The van der Waals surface area contributed by atoms with Crippen LogP contribution in [0.3, 0.4) is 0 Å². The zero-order chi connectivity index (χ0) is 27.3. The van der Waals surface area contributed by atoms with E-state index in [0.717, 1.165) is 5.01 Å². The van der Waals surface area contributed by atoms with Gasteiger partial charge >= 0.3 is 12.1 Å². The molecule has 0 radical (unpaired) electrons. The van der Waals surface area contributed by atoms with Gasteiger partial charge in [0.15, 0.2) is 5.71 Å². The van der Waals surface area contributed by atoms with Crippen molar-refractivity contribution in [3.63, 3.8) is 0 Å². The molecule has 3 rings (SSSR count). The van der Waals surface area contributed by atoms with Crippen LogP contribution in [0.5, 0.6) is 0 Å². The molecule has 202 valence electrons. The number of thiazole rings is 1. The number of β-lactam (4-membered cyclic amide) rings is 1. The summed E-state index contributed by atoms with van der Waals surface area (Å²) in [5.74, 6) is -1.70. The Labute approximate surface area is 221 Å². The number of nitrogens with one attached hydrogen (secondary N) is 1. The minimum Gasteiger partial charge on any atom is -0.431 e. The van der Waals surface area contributed by atoms with Crippen LogP contribution in [0.4, 0.5) is 4.79 Å². The lowest BCUT2D eigenvalue weighted by molar-refractivity contribution is -0.169. The number of oxime groups is 1. The van der Waals surface area contributed by atoms with Crippen molar-refractivity contribution < 1.29 is 43.0 Å². The molecule has 3 atom stereocenters. The Kier molecular flexibility index (Phi) is 9.50. The summed E-state index contributed by atoms with van der Waals surface area (Å²) in [6.45, 7) is 6.50. The van der Waals surface area contributed by atoms with Crippen LogP contribution in [0.15, 0.2) is 21.8 Å². The van der Waals surface area contributed by atoms with Gasteiger partial charge in [-0.2, -0.15) is 0 Å². The van der Waals surface area contributed by atoms with E-state index in [0.29, 0.717) is 17.0 Å². The summed E-state index contributed by atoms with van der Waals surface area (Å²) in [6.07, 6.45) is -2.68. The van der Waals surface area contributed by atoms with Crippen LogP contribution in [0.25, 0.3) is 0 Å². The first kappa shape index (κ1) is 28.4. The van der Waals surface area contributed by atoms with E-state index in [1.807, 2.05) is 0 Å². The lowest BCUT2D eigenvalue weighted by atomic mass is 10.0. The number of ether oxygens (including phenoxy) is 4. The van der Waals surface area contributed by atoms with Gasteiger partial charge in [-0.15, -0.1) is 23.1 Å². The first-order chi connectivity index (χ1) is 17.6. The molecule has 0 bridgehead atoms. The van der Waals surface area contributed by atoms with E-state index in [1.165, 1.54) is 49.1 Å². The number of carbonyl (C=O) groups excluding carboxylic acids is 4. The van der Waals surface area contributed by atoms with Crippen LogP contribution in [0, 0.1) is 6.92 Å². The Hall–Kier alpha value is -3.17.